The molecule has 1 saturated carbocycles. The summed E-state index contributed by atoms with van der Waals surface area (Å²) in [6.07, 6.45) is 9.75. The van der Waals surface area contributed by atoms with Crippen LogP contribution in [0.2, 0.25) is 0 Å². The first kappa shape index (κ1) is 38.6. The number of benzene rings is 2. The molecule has 250 valence electrons. The Labute approximate surface area is 283 Å². The summed E-state index contributed by atoms with van der Waals surface area (Å²) in [5, 5.41) is 7.18. The molecule has 0 bridgehead atoms. The van der Waals surface area contributed by atoms with Gasteiger partial charge in [-0.05, 0) is 112 Å². The van der Waals surface area contributed by atoms with E-state index in [9.17, 15) is 9.59 Å². The zero-order valence-corrected chi connectivity index (χ0v) is 29.6. The van der Waals surface area contributed by atoms with Gasteiger partial charge in [0.25, 0.3) is 5.91 Å². The standard InChI is InChI=1S/C36H53N5O2.2ClH/c1-26(2)18-22-40(23-19-27(3)4)35(43)31-14-17-33-34(24-31)41(21-9-20-37-25-29-10-7-6-8-11-29)36(39-33)38-32-15-12-30(13-16-32)28(5)42;;/h12-17,24,26-27,29,37H,6-11,18-23,25H2,1-5H3,(H,38,39);2*1H. The Hall–Kier alpha value is -2.61. The van der Waals surface area contributed by atoms with Crippen molar-refractivity contribution in [2.24, 2.45) is 17.8 Å². The van der Waals surface area contributed by atoms with Crippen LogP contribution in [-0.4, -0.2) is 52.3 Å². The number of hydrogen-bond donors (Lipinski definition) is 2. The lowest BCUT2D eigenvalue weighted by molar-refractivity contribution is 0.0740. The molecule has 0 atom stereocenters. The fourth-order valence-corrected chi connectivity index (χ4v) is 5.88. The number of Topliss-reactive ketones (excluding diaryl/α,β-unsaturated/α-hetero) is 1. The van der Waals surface area contributed by atoms with Crippen LogP contribution in [0.4, 0.5) is 11.6 Å². The molecule has 0 unspecified atom stereocenters. The van der Waals surface area contributed by atoms with E-state index in [0.29, 0.717) is 23.0 Å². The van der Waals surface area contributed by atoms with Crippen molar-refractivity contribution in [1.29, 1.82) is 0 Å². The third-order valence-electron chi connectivity index (χ3n) is 8.68. The van der Waals surface area contributed by atoms with Crippen LogP contribution in [0.1, 0.15) is 107 Å². The number of carbonyl (C=O) groups excluding carboxylic acids is 2. The van der Waals surface area contributed by atoms with E-state index in [1.807, 2.05) is 47.4 Å². The number of carbonyl (C=O) groups is 2. The molecule has 1 aliphatic rings. The number of nitrogens with zero attached hydrogens (tertiary/aromatic N) is 3. The van der Waals surface area contributed by atoms with E-state index in [1.165, 1.54) is 32.1 Å². The van der Waals surface area contributed by atoms with Crippen LogP contribution in [0.25, 0.3) is 11.0 Å². The van der Waals surface area contributed by atoms with Crippen molar-refractivity contribution in [2.75, 3.05) is 31.5 Å². The fraction of sp³-hybridized carbons (Fsp3) is 0.583. The molecule has 1 heterocycles. The Morgan fingerprint density at radius 2 is 1.53 bits per heavy atom. The third kappa shape index (κ3) is 11.6. The van der Waals surface area contributed by atoms with Gasteiger partial charge in [0.1, 0.15) is 0 Å². The van der Waals surface area contributed by atoms with Gasteiger partial charge in [0, 0.05) is 36.4 Å². The lowest BCUT2D eigenvalue weighted by Crippen LogP contribution is -2.34. The number of anilines is 2. The van der Waals surface area contributed by atoms with Gasteiger partial charge in [-0.15, -0.1) is 24.8 Å². The van der Waals surface area contributed by atoms with E-state index in [2.05, 4.69) is 42.9 Å². The summed E-state index contributed by atoms with van der Waals surface area (Å²) in [7, 11) is 0. The molecule has 0 saturated heterocycles. The van der Waals surface area contributed by atoms with E-state index in [0.717, 1.165) is 80.6 Å². The van der Waals surface area contributed by atoms with Crippen LogP contribution in [0.3, 0.4) is 0 Å². The van der Waals surface area contributed by atoms with Crippen LogP contribution in [0, 0.1) is 17.8 Å². The molecule has 9 heteroatoms. The topological polar surface area (TPSA) is 79.3 Å². The highest BCUT2D eigenvalue weighted by Crippen LogP contribution is 2.26. The van der Waals surface area contributed by atoms with Crippen molar-refractivity contribution in [1.82, 2.24) is 19.8 Å². The minimum absolute atomic E-state index is 0. The molecule has 2 N–H and O–H groups in total. The average molecular weight is 661 g/mol. The summed E-state index contributed by atoms with van der Waals surface area (Å²) in [4.78, 5) is 32.5. The number of aryl methyl sites for hydroxylation is 1. The molecule has 1 aromatic heterocycles. The van der Waals surface area contributed by atoms with Crippen molar-refractivity contribution < 1.29 is 9.59 Å². The number of amides is 1. The summed E-state index contributed by atoms with van der Waals surface area (Å²) < 4.78 is 2.21. The zero-order valence-electron chi connectivity index (χ0n) is 27.9. The van der Waals surface area contributed by atoms with Crippen LogP contribution in [-0.2, 0) is 6.54 Å². The molecule has 0 spiro atoms. The number of halogens is 2. The van der Waals surface area contributed by atoms with Gasteiger partial charge < -0.3 is 20.1 Å². The largest absolute Gasteiger partial charge is 0.339 e. The molecule has 45 heavy (non-hydrogen) atoms. The lowest BCUT2D eigenvalue weighted by atomic mass is 9.89. The Morgan fingerprint density at radius 3 is 2.13 bits per heavy atom. The van der Waals surface area contributed by atoms with Gasteiger partial charge >= 0.3 is 0 Å². The highest BCUT2D eigenvalue weighted by Gasteiger charge is 2.20. The zero-order chi connectivity index (χ0) is 30.8. The van der Waals surface area contributed by atoms with Crippen LogP contribution >= 0.6 is 24.8 Å². The predicted octanol–water partition coefficient (Wildman–Crippen LogP) is 8.92. The Kier molecular flexibility index (Phi) is 16.4. The molecule has 3 aromatic rings. The Balaban J connectivity index is 0.00000353. The Bertz CT molecular complexity index is 1320. The third-order valence-corrected chi connectivity index (χ3v) is 8.68. The van der Waals surface area contributed by atoms with Gasteiger partial charge in [-0.3, -0.25) is 9.59 Å². The molecule has 0 aliphatic heterocycles. The maximum atomic E-state index is 13.8. The second kappa shape index (κ2) is 19.1. The van der Waals surface area contributed by atoms with Crippen molar-refractivity contribution in [3.8, 4) is 0 Å². The van der Waals surface area contributed by atoms with Crippen molar-refractivity contribution in [3.05, 3.63) is 53.6 Å². The molecule has 1 amide bonds. The molecular formula is C36H55Cl2N5O2. The van der Waals surface area contributed by atoms with Gasteiger partial charge in [-0.2, -0.15) is 0 Å². The fourth-order valence-electron chi connectivity index (χ4n) is 5.88. The molecule has 1 fully saturated rings. The normalized spacial score (nSPS) is 13.5. The predicted molar refractivity (Wildman–Crippen MR) is 193 cm³/mol. The summed E-state index contributed by atoms with van der Waals surface area (Å²) in [5.74, 6) is 2.79. The summed E-state index contributed by atoms with van der Waals surface area (Å²) in [5.41, 5.74) is 4.11. The number of rotatable bonds is 16. The van der Waals surface area contributed by atoms with Gasteiger partial charge in [-0.25, -0.2) is 4.98 Å². The summed E-state index contributed by atoms with van der Waals surface area (Å²) in [6, 6.07) is 13.5. The maximum absolute atomic E-state index is 13.8. The second-order valence-electron chi connectivity index (χ2n) is 13.3. The van der Waals surface area contributed by atoms with Gasteiger partial charge in [0.05, 0.1) is 11.0 Å². The summed E-state index contributed by atoms with van der Waals surface area (Å²) in [6.45, 7) is 14.8. The van der Waals surface area contributed by atoms with Gasteiger partial charge in [0.2, 0.25) is 5.95 Å². The highest BCUT2D eigenvalue weighted by atomic mass is 35.5. The number of nitrogens with one attached hydrogen (secondary N) is 2. The highest BCUT2D eigenvalue weighted by molar-refractivity contribution is 5.98. The Morgan fingerprint density at radius 1 is 0.911 bits per heavy atom. The smallest absolute Gasteiger partial charge is 0.253 e. The van der Waals surface area contributed by atoms with E-state index in [1.54, 1.807) is 6.92 Å². The maximum Gasteiger partial charge on any atom is 0.253 e. The summed E-state index contributed by atoms with van der Waals surface area (Å²) >= 11 is 0. The minimum atomic E-state index is 0. The second-order valence-corrected chi connectivity index (χ2v) is 13.3. The van der Waals surface area contributed by atoms with Gasteiger partial charge in [-0.1, -0.05) is 47.0 Å². The van der Waals surface area contributed by atoms with E-state index in [-0.39, 0.29) is 36.5 Å². The monoisotopic (exact) mass is 659 g/mol. The van der Waals surface area contributed by atoms with Crippen LogP contribution < -0.4 is 10.6 Å². The van der Waals surface area contributed by atoms with E-state index >= 15 is 0 Å². The SMILES string of the molecule is CC(=O)c1ccc(Nc2nc3ccc(C(=O)N(CCC(C)C)CCC(C)C)cc3n2CCCNCC2CCCCC2)cc1.Cl.Cl. The molecule has 1 aliphatic carbocycles. The molecule has 2 aromatic carbocycles. The average Bonchev–Trinajstić information content (AvgIpc) is 3.33. The first-order chi connectivity index (χ1) is 20.7. The number of ketones is 1. The first-order valence-corrected chi connectivity index (χ1v) is 16.6. The number of hydrogen-bond acceptors (Lipinski definition) is 5. The molecule has 4 rings (SSSR count). The van der Waals surface area contributed by atoms with Crippen molar-refractivity contribution >= 4 is 59.2 Å². The lowest BCUT2D eigenvalue weighted by Gasteiger charge is -2.25. The first-order valence-electron chi connectivity index (χ1n) is 16.6. The van der Waals surface area contributed by atoms with Crippen molar-refractivity contribution in [3.63, 3.8) is 0 Å². The number of aromatic nitrogens is 2. The molecule has 0 radical (unpaired) electrons. The molecular weight excluding hydrogens is 605 g/mol. The number of fused-ring (bicyclic) bond motifs is 1. The van der Waals surface area contributed by atoms with E-state index < -0.39 is 0 Å². The van der Waals surface area contributed by atoms with Crippen LogP contribution in [0.15, 0.2) is 42.5 Å². The minimum Gasteiger partial charge on any atom is -0.339 e. The van der Waals surface area contributed by atoms with Crippen LogP contribution in [0.5, 0.6) is 0 Å². The van der Waals surface area contributed by atoms with Gasteiger partial charge in [0.15, 0.2) is 5.78 Å². The number of imidazole rings is 1. The quantitative estimate of drug-likeness (QED) is 0.119. The molecule has 7 nitrogen and oxygen atoms in total. The van der Waals surface area contributed by atoms with E-state index in [4.69, 9.17) is 4.98 Å². The van der Waals surface area contributed by atoms with Crippen molar-refractivity contribution in [2.45, 2.75) is 92.5 Å².